The Morgan fingerprint density at radius 3 is 2.46 bits per heavy atom. The Morgan fingerprint density at radius 1 is 1.46 bits per heavy atom. The van der Waals surface area contributed by atoms with E-state index >= 15 is 0 Å². The Morgan fingerprint density at radius 2 is 2.08 bits per heavy atom. The molecule has 0 radical (unpaired) electrons. The zero-order chi connectivity index (χ0) is 10.3. The van der Waals surface area contributed by atoms with Crippen LogP contribution in [0.4, 0.5) is 13.2 Å². The van der Waals surface area contributed by atoms with Gasteiger partial charge in [-0.2, -0.15) is 13.2 Å². The zero-order valence-electron chi connectivity index (χ0n) is 7.53. The van der Waals surface area contributed by atoms with Gasteiger partial charge in [0.1, 0.15) is 0 Å². The van der Waals surface area contributed by atoms with Gasteiger partial charge in [0, 0.05) is 6.61 Å². The van der Waals surface area contributed by atoms with Gasteiger partial charge in [-0.1, -0.05) is 6.92 Å². The molecule has 0 spiro atoms. The van der Waals surface area contributed by atoms with E-state index in [1.54, 1.807) is 0 Å². The summed E-state index contributed by atoms with van der Waals surface area (Å²) in [6.45, 7) is 2.33. The molecule has 1 unspecified atom stereocenters. The number of hydrogen-bond donors (Lipinski definition) is 2. The molecule has 0 aromatic rings. The second-order valence-corrected chi connectivity index (χ2v) is 2.76. The smallest absolute Gasteiger partial charge is 0.380 e. The van der Waals surface area contributed by atoms with Crippen molar-refractivity contribution in [1.29, 1.82) is 0 Å². The largest absolute Gasteiger partial charge is 0.390 e. The number of hydrogen-bond acceptors (Lipinski definition) is 3. The molecule has 13 heavy (non-hydrogen) atoms. The second-order valence-electron chi connectivity index (χ2n) is 2.76. The third-order valence-electron chi connectivity index (χ3n) is 1.38. The summed E-state index contributed by atoms with van der Waals surface area (Å²) >= 11 is 0. The van der Waals surface area contributed by atoms with E-state index < -0.39 is 18.6 Å². The highest BCUT2D eigenvalue weighted by Gasteiger charge is 2.31. The minimum atomic E-state index is -4.20. The highest BCUT2D eigenvalue weighted by Crippen LogP contribution is 2.21. The molecule has 0 rings (SSSR count). The molecule has 0 aliphatic heterocycles. The first-order valence-electron chi connectivity index (χ1n) is 4.10. The molecule has 0 aliphatic carbocycles. The normalized spacial score (nSPS) is 14.5. The monoisotopic (exact) mass is 200 g/mol. The molecule has 0 amide bonds. The van der Waals surface area contributed by atoms with Gasteiger partial charge in [0.25, 0.3) is 0 Å². The number of nitrogens with two attached hydrogens (primary N) is 1. The number of halogens is 3. The predicted molar refractivity (Wildman–Crippen MR) is 42.9 cm³/mol. The van der Waals surface area contributed by atoms with E-state index in [0.29, 0.717) is 6.61 Å². The van der Waals surface area contributed by atoms with Crippen LogP contribution in [0.2, 0.25) is 0 Å². The Balaban J connectivity index is 3.63. The lowest BCUT2D eigenvalue weighted by molar-refractivity contribution is -0.143. The number of alkyl halides is 3. The maximum absolute atomic E-state index is 11.9. The van der Waals surface area contributed by atoms with Gasteiger partial charge in [-0.15, -0.1) is 0 Å². The number of hydrazine groups is 1. The fourth-order valence-electron chi connectivity index (χ4n) is 0.815. The van der Waals surface area contributed by atoms with Crippen LogP contribution < -0.4 is 11.3 Å². The van der Waals surface area contributed by atoms with Crippen LogP contribution in [0.3, 0.4) is 0 Å². The standard InChI is InChI=1S/C7H15F3N2O/c1-2-3-13-5-6(12-11)4-7(8,9)10/h6,12H,2-5,11H2,1H3. The van der Waals surface area contributed by atoms with Gasteiger partial charge in [-0.05, 0) is 6.42 Å². The Kier molecular flexibility index (Phi) is 6.02. The van der Waals surface area contributed by atoms with Gasteiger partial charge >= 0.3 is 6.18 Å². The van der Waals surface area contributed by atoms with Gasteiger partial charge < -0.3 is 4.74 Å². The van der Waals surface area contributed by atoms with E-state index in [2.05, 4.69) is 5.43 Å². The fourth-order valence-corrected chi connectivity index (χ4v) is 0.815. The molecule has 0 bridgehead atoms. The molecule has 1 atom stereocenters. The molecule has 0 aromatic carbocycles. The first-order valence-corrected chi connectivity index (χ1v) is 4.10. The van der Waals surface area contributed by atoms with Gasteiger partial charge in [0.2, 0.25) is 0 Å². The van der Waals surface area contributed by atoms with Gasteiger partial charge in [0.15, 0.2) is 0 Å². The zero-order valence-corrected chi connectivity index (χ0v) is 7.53. The molecule has 80 valence electrons. The summed E-state index contributed by atoms with van der Waals surface area (Å²) in [6, 6.07) is -0.855. The summed E-state index contributed by atoms with van der Waals surface area (Å²) in [6.07, 6.45) is -4.39. The van der Waals surface area contributed by atoms with Crippen LogP contribution in [0.25, 0.3) is 0 Å². The maximum atomic E-state index is 11.9. The molecule has 0 aromatic heterocycles. The molecule has 3 nitrogen and oxygen atoms in total. The van der Waals surface area contributed by atoms with Crippen molar-refractivity contribution in [3.8, 4) is 0 Å². The minimum Gasteiger partial charge on any atom is -0.380 e. The van der Waals surface area contributed by atoms with E-state index in [1.807, 2.05) is 6.92 Å². The summed E-state index contributed by atoms with van der Waals surface area (Å²) < 4.78 is 40.5. The van der Waals surface area contributed by atoms with E-state index in [9.17, 15) is 13.2 Å². The first kappa shape index (κ1) is 12.7. The summed E-state index contributed by atoms with van der Waals surface area (Å²) in [5.41, 5.74) is 2.07. The van der Waals surface area contributed by atoms with Crippen LogP contribution in [0.5, 0.6) is 0 Å². The molecule has 0 saturated heterocycles. The lowest BCUT2D eigenvalue weighted by Gasteiger charge is -2.17. The van der Waals surface area contributed by atoms with Gasteiger partial charge in [-0.25, -0.2) is 0 Å². The van der Waals surface area contributed by atoms with Crippen LogP contribution in [0, 0.1) is 0 Å². The summed E-state index contributed by atoms with van der Waals surface area (Å²) in [7, 11) is 0. The Hall–Kier alpha value is -0.330. The van der Waals surface area contributed by atoms with Crippen molar-refractivity contribution in [2.75, 3.05) is 13.2 Å². The highest BCUT2D eigenvalue weighted by molar-refractivity contribution is 4.67. The lowest BCUT2D eigenvalue weighted by Crippen LogP contribution is -2.41. The molecule has 0 heterocycles. The third-order valence-corrected chi connectivity index (χ3v) is 1.38. The van der Waals surface area contributed by atoms with Crippen molar-refractivity contribution in [1.82, 2.24) is 5.43 Å². The van der Waals surface area contributed by atoms with Crippen LogP contribution >= 0.6 is 0 Å². The predicted octanol–water partition coefficient (Wildman–Crippen LogP) is 1.20. The van der Waals surface area contributed by atoms with E-state index in [0.717, 1.165) is 6.42 Å². The molecule has 3 N–H and O–H groups in total. The molecular formula is C7H15F3N2O. The Bertz CT molecular complexity index is 129. The van der Waals surface area contributed by atoms with Crippen molar-refractivity contribution < 1.29 is 17.9 Å². The van der Waals surface area contributed by atoms with Crippen LogP contribution in [0.15, 0.2) is 0 Å². The lowest BCUT2D eigenvalue weighted by atomic mass is 10.2. The Labute approximate surface area is 75.4 Å². The van der Waals surface area contributed by atoms with E-state index in [4.69, 9.17) is 10.6 Å². The quantitative estimate of drug-likeness (QED) is 0.384. The van der Waals surface area contributed by atoms with Crippen LogP contribution in [0.1, 0.15) is 19.8 Å². The van der Waals surface area contributed by atoms with Crippen molar-refractivity contribution >= 4 is 0 Å². The average Bonchev–Trinajstić information content (AvgIpc) is 2.01. The topological polar surface area (TPSA) is 47.3 Å². The molecule has 6 heteroatoms. The van der Waals surface area contributed by atoms with Crippen LogP contribution in [-0.4, -0.2) is 25.4 Å². The van der Waals surface area contributed by atoms with Gasteiger partial charge in [-0.3, -0.25) is 11.3 Å². The van der Waals surface area contributed by atoms with Crippen molar-refractivity contribution in [2.45, 2.75) is 32.0 Å². The SMILES string of the molecule is CCCOCC(CC(F)(F)F)NN. The molecule has 0 fully saturated rings. The fraction of sp³-hybridized carbons (Fsp3) is 1.00. The van der Waals surface area contributed by atoms with Gasteiger partial charge in [0.05, 0.1) is 19.1 Å². The maximum Gasteiger partial charge on any atom is 0.390 e. The highest BCUT2D eigenvalue weighted by atomic mass is 19.4. The molecular weight excluding hydrogens is 185 g/mol. The number of ether oxygens (including phenoxy) is 1. The summed E-state index contributed by atoms with van der Waals surface area (Å²) in [4.78, 5) is 0. The van der Waals surface area contributed by atoms with Crippen molar-refractivity contribution in [2.24, 2.45) is 5.84 Å². The average molecular weight is 200 g/mol. The third kappa shape index (κ3) is 8.01. The first-order chi connectivity index (χ1) is 5.99. The van der Waals surface area contributed by atoms with Crippen LogP contribution in [-0.2, 0) is 4.74 Å². The molecule has 0 saturated carbocycles. The number of nitrogens with one attached hydrogen (secondary N) is 1. The van der Waals surface area contributed by atoms with E-state index in [-0.39, 0.29) is 6.61 Å². The minimum absolute atomic E-state index is 0.0101. The van der Waals surface area contributed by atoms with Crippen molar-refractivity contribution in [3.05, 3.63) is 0 Å². The van der Waals surface area contributed by atoms with Crippen molar-refractivity contribution in [3.63, 3.8) is 0 Å². The second kappa shape index (κ2) is 6.17. The summed E-state index contributed by atoms with van der Waals surface area (Å²) in [5.74, 6) is 4.93. The number of rotatable bonds is 6. The summed E-state index contributed by atoms with van der Waals surface area (Å²) in [5, 5.41) is 0. The van der Waals surface area contributed by atoms with E-state index in [1.165, 1.54) is 0 Å². The molecule has 0 aliphatic rings.